The van der Waals surface area contributed by atoms with Crippen molar-refractivity contribution in [2.75, 3.05) is 7.05 Å². The van der Waals surface area contributed by atoms with Gasteiger partial charge >= 0.3 is 0 Å². The fourth-order valence-corrected chi connectivity index (χ4v) is 3.22. The zero-order valence-electron chi connectivity index (χ0n) is 12.9. The summed E-state index contributed by atoms with van der Waals surface area (Å²) >= 11 is 0. The number of pyridine rings is 1. The summed E-state index contributed by atoms with van der Waals surface area (Å²) in [5.74, 6) is 0. The molecular weight excluding hydrogens is 260 g/mol. The number of hydrogen-bond donors (Lipinski definition) is 1. The summed E-state index contributed by atoms with van der Waals surface area (Å²) in [5.41, 5.74) is 3.58. The number of nitrogens with one attached hydrogen (secondary N) is 1. The van der Waals surface area contributed by atoms with Crippen LogP contribution in [0.5, 0.6) is 0 Å². The van der Waals surface area contributed by atoms with Gasteiger partial charge in [-0.2, -0.15) is 5.10 Å². The lowest BCUT2D eigenvalue weighted by molar-refractivity contribution is 0.459. The average Bonchev–Trinajstić information content (AvgIpc) is 3.15. The van der Waals surface area contributed by atoms with E-state index in [2.05, 4.69) is 40.2 Å². The van der Waals surface area contributed by atoms with E-state index in [4.69, 9.17) is 5.10 Å². The predicted octanol–water partition coefficient (Wildman–Crippen LogP) is 3.20. The Morgan fingerprint density at radius 1 is 1.33 bits per heavy atom. The summed E-state index contributed by atoms with van der Waals surface area (Å²) in [5, 5.41) is 8.17. The summed E-state index contributed by atoms with van der Waals surface area (Å²) in [6.07, 6.45) is 12.1. The Morgan fingerprint density at radius 2 is 2.14 bits per heavy atom. The first-order valence-electron chi connectivity index (χ1n) is 7.89. The van der Waals surface area contributed by atoms with Gasteiger partial charge in [0.15, 0.2) is 0 Å². The molecule has 1 atom stereocenters. The number of likely N-dealkylation sites (N-methyl/N-ethyl adjacent to an activating group) is 1. The van der Waals surface area contributed by atoms with Gasteiger partial charge < -0.3 is 5.32 Å². The summed E-state index contributed by atoms with van der Waals surface area (Å²) < 4.78 is 2.17. The summed E-state index contributed by atoms with van der Waals surface area (Å²) in [7, 11) is 2.00. The minimum Gasteiger partial charge on any atom is -0.313 e. The number of aryl methyl sites for hydroxylation is 1. The lowest BCUT2D eigenvalue weighted by Crippen LogP contribution is -2.19. The molecule has 2 heterocycles. The predicted molar refractivity (Wildman–Crippen MR) is 84.2 cm³/mol. The van der Waals surface area contributed by atoms with E-state index in [1.54, 1.807) is 0 Å². The highest BCUT2D eigenvalue weighted by Gasteiger charge is 2.18. The third kappa shape index (κ3) is 3.32. The number of rotatable bonds is 5. The van der Waals surface area contributed by atoms with Crippen molar-refractivity contribution in [1.29, 1.82) is 0 Å². The van der Waals surface area contributed by atoms with Crippen LogP contribution in [0.3, 0.4) is 0 Å². The Labute approximate surface area is 126 Å². The fraction of sp³-hybridized carbons (Fsp3) is 0.529. The van der Waals surface area contributed by atoms with Crippen LogP contribution >= 0.6 is 0 Å². The maximum absolute atomic E-state index is 4.78. The summed E-state index contributed by atoms with van der Waals surface area (Å²) in [6, 6.07) is 5.24. The molecule has 0 saturated heterocycles. The van der Waals surface area contributed by atoms with E-state index in [1.165, 1.54) is 36.8 Å². The first kappa shape index (κ1) is 14.3. The molecule has 112 valence electrons. The zero-order valence-corrected chi connectivity index (χ0v) is 12.9. The average molecular weight is 284 g/mol. The highest BCUT2D eigenvalue weighted by atomic mass is 15.3. The fourth-order valence-electron chi connectivity index (χ4n) is 3.22. The third-order valence-electron chi connectivity index (χ3n) is 4.42. The van der Waals surface area contributed by atoms with E-state index < -0.39 is 0 Å². The normalized spacial score (nSPS) is 17.2. The van der Waals surface area contributed by atoms with Crippen molar-refractivity contribution in [3.05, 3.63) is 47.5 Å². The second-order valence-corrected chi connectivity index (χ2v) is 6.07. The maximum atomic E-state index is 4.78. The molecule has 21 heavy (non-hydrogen) atoms. The van der Waals surface area contributed by atoms with E-state index in [9.17, 15) is 0 Å². The van der Waals surface area contributed by atoms with Crippen molar-refractivity contribution in [3.63, 3.8) is 0 Å². The van der Waals surface area contributed by atoms with Gasteiger partial charge in [0.1, 0.15) is 0 Å². The molecule has 4 heteroatoms. The van der Waals surface area contributed by atoms with E-state index in [0.29, 0.717) is 6.04 Å². The van der Waals surface area contributed by atoms with Crippen LogP contribution in [0, 0.1) is 6.92 Å². The molecule has 1 fully saturated rings. The lowest BCUT2D eigenvalue weighted by Gasteiger charge is -2.15. The number of hydrogen-bond acceptors (Lipinski definition) is 3. The van der Waals surface area contributed by atoms with Gasteiger partial charge in [0.05, 0.1) is 11.7 Å². The second-order valence-electron chi connectivity index (χ2n) is 6.07. The van der Waals surface area contributed by atoms with Gasteiger partial charge in [0.2, 0.25) is 0 Å². The second kappa shape index (κ2) is 6.39. The van der Waals surface area contributed by atoms with Gasteiger partial charge in [0, 0.05) is 31.1 Å². The smallest absolute Gasteiger partial charge is 0.0643 e. The van der Waals surface area contributed by atoms with Crippen LogP contribution in [0.1, 0.15) is 54.6 Å². The Balaban J connectivity index is 1.72. The molecule has 0 aliphatic heterocycles. The van der Waals surface area contributed by atoms with E-state index in [-0.39, 0.29) is 6.04 Å². The lowest BCUT2D eigenvalue weighted by atomic mass is 10.0. The largest absolute Gasteiger partial charge is 0.313 e. The molecule has 2 aromatic rings. The van der Waals surface area contributed by atoms with E-state index in [0.717, 1.165) is 12.1 Å². The molecule has 1 aliphatic rings. The third-order valence-corrected chi connectivity index (χ3v) is 4.42. The molecule has 0 bridgehead atoms. The topological polar surface area (TPSA) is 42.7 Å². The zero-order chi connectivity index (χ0) is 14.7. The van der Waals surface area contributed by atoms with Crippen molar-refractivity contribution in [3.8, 4) is 0 Å². The van der Waals surface area contributed by atoms with Crippen LogP contribution in [-0.4, -0.2) is 21.8 Å². The highest BCUT2D eigenvalue weighted by molar-refractivity contribution is 5.21. The van der Waals surface area contributed by atoms with Crippen molar-refractivity contribution >= 4 is 0 Å². The Morgan fingerprint density at radius 3 is 2.86 bits per heavy atom. The monoisotopic (exact) mass is 284 g/mol. The van der Waals surface area contributed by atoms with Gasteiger partial charge in [-0.15, -0.1) is 0 Å². The molecule has 0 radical (unpaired) electrons. The van der Waals surface area contributed by atoms with E-state index >= 15 is 0 Å². The molecule has 1 saturated carbocycles. The molecule has 1 N–H and O–H groups in total. The first-order valence-corrected chi connectivity index (χ1v) is 7.89. The molecule has 1 aliphatic carbocycles. The van der Waals surface area contributed by atoms with Crippen molar-refractivity contribution in [1.82, 2.24) is 20.1 Å². The molecule has 0 aromatic carbocycles. The van der Waals surface area contributed by atoms with Crippen LogP contribution in [0.15, 0.2) is 30.7 Å². The Bertz CT molecular complexity index is 584. The van der Waals surface area contributed by atoms with Gasteiger partial charge in [0.25, 0.3) is 0 Å². The first-order chi connectivity index (χ1) is 10.3. The molecule has 0 spiro atoms. The van der Waals surface area contributed by atoms with Crippen molar-refractivity contribution < 1.29 is 0 Å². The Kier molecular flexibility index (Phi) is 4.34. The molecule has 0 amide bonds. The van der Waals surface area contributed by atoms with E-state index in [1.807, 2.05) is 19.4 Å². The standard InChI is InChI=1S/C17H24N4/c1-13-9-14(12-19-11-13)17(18-2)10-15-7-8-21(20-15)16-5-3-4-6-16/h7-9,11-12,16-18H,3-6,10H2,1-2H3. The molecule has 3 rings (SSSR count). The minimum absolute atomic E-state index is 0.268. The van der Waals surface area contributed by atoms with Crippen LogP contribution in [0.4, 0.5) is 0 Å². The summed E-state index contributed by atoms with van der Waals surface area (Å²) in [6.45, 7) is 2.08. The van der Waals surface area contributed by atoms with Crippen LogP contribution in [0.2, 0.25) is 0 Å². The highest BCUT2D eigenvalue weighted by Crippen LogP contribution is 2.29. The van der Waals surface area contributed by atoms with Crippen LogP contribution in [-0.2, 0) is 6.42 Å². The minimum atomic E-state index is 0.268. The van der Waals surface area contributed by atoms with Crippen LogP contribution < -0.4 is 5.32 Å². The Hall–Kier alpha value is -1.68. The van der Waals surface area contributed by atoms with Gasteiger partial charge in [-0.1, -0.05) is 18.9 Å². The molecule has 1 unspecified atom stereocenters. The van der Waals surface area contributed by atoms with Crippen LogP contribution in [0.25, 0.3) is 0 Å². The summed E-state index contributed by atoms with van der Waals surface area (Å²) in [4.78, 5) is 4.30. The molecule has 4 nitrogen and oxygen atoms in total. The SMILES string of the molecule is CNC(Cc1ccn(C2CCCC2)n1)c1cncc(C)c1. The maximum Gasteiger partial charge on any atom is 0.0643 e. The van der Waals surface area contributed by atoms with Gasteiger partial charge in [-0.05, 0) is 44.0 Å². The molecule has 2 aromatic heterocycles. The van der Waals surface area contributed by atoms with Gasteiger partial charge in [-0.25, -0.2) is 0 Å². The number of nitrogens with zero attached hydrogens (tertiary/aromatic N) is 3. The number of aromatic nitrogens is 3. The van der Waals surface area contributed by atoms with Crippen molar-refractivity contribution in [2.45, 2.75) is 51.1 Å². The van der Waals surface area contributed by atoms with Gasteiger partial charge in [-0.3, -0.25) is 9.67 Å². The van der Waals surface area contributed by atoms with Crippen molar-refractivity contribution in [2.24, 2.45) is 0 Å². The quantitative estimate of drug-likeness (QED) is 0.917. The molecular formula is C17H24N4.